The second-order valence-electron chi connectivity index (χ2n) is 5.28. The molecule has 1 saturated carbocycles. The number of pyridine rings is 1. The highest BCUT2D eigenvalue weighted by Crippen LogP contribution is 2.19. The molecule has 0 unspecified atom stereocenters. The van der Waals surface area contributed by atoms with Gasteiger partial charge in [0, 0.05) is 24.3 Å². The highest BCUT2D eigenvalue weighted by Gasteiger charge is 2.22. The molecule has 0 aromatic carbocycles. The Morgan fingerprint density at radius 2 is 2.23 bits per heavy atom. The molecule has 6 heteroatoms. The number of unbranched alkanes of at least 4 members (excludes halogenated alkanes) is 1. The van der Waals surface area contributed by atoms with E-state index in [1.165, 1.54) is 12.8 Å². The molecule has 22 heavy (non-hydrogen) atoms. The molecule has 0 bridgehead atoms. The Hall–Kier alpha value is -1.05. The number of nitrogens with zero attached hydrogens (tertiary/aromatic N) is 2. The first-order valence-corrected chi connectivity index (χ1v) is 7.95. The summed E-state index contributed by atoms with van der Waals surface area (Å²) in [5.74, 6) is 1.58. The Morgan fingerprint density at radius 3 is 2.91 bits per heavy atom. The van der Waals surface area contributed by atoms with Crippen LogP contribution in [-0.2, 0) is 6.54 Å². The minimum atomic E-state index is 0. The van der Waals surface area contributed by atoms with E-state index >= 15 is 0 Å². The fourth-order valence-corrected chi connectivity index (χ4v) is 1.89. The zero-order valence-corrected chi connectivity index (χ0v) is 15.8. The van der Waals surface area contributed by atoms with Gasteiger partial charge in [0.2, 0.25) is 5.88 Å². The maximum atomic E-state index is 5.74. The van der Waals surface area contributed by atoms with Crippen LogP contribution in [-0.4, -0.2) is 30.1 Å². The molecule has 1 aromatic heterocycles. The van der Waals surface area contributed by atoms with Crippen molar-refractivity contribution in [2.45, 2.75) is 52.1 Å². The van der Waals surface area contributed by atoms with E-state index in [0.717, 1.165) is 30.9 Å². The second-order valence-corrected chi connectivity index (χ2v) is 5.28. The highest BCUT2D eigenvalue weighted by molar-refractivity contribution is 14.0. The number of hydrogen-bond donors (Lipinski definition) is 2. The lowest BCUT2D eigenvalue weighted by molar-refractivity contribution is 0.294. The van der Waals surface area contributed by atoms with Crippen LogP contribution in [0, 0.1) is 0 Å². The van der Waals surface area contributed by atoms with Crippen molar-refractivity contribution in [3.63, 3.8) is 0 Å². The Balaban J connectivity index is 0.00000242. The van der Waals surface area contributed by atoms with Crippen LogP contribution in [0.5, 0.6) is 5.88 Å². The summed E-state index contributed by atoms with van der Waals surface area (Å²) in [5.41, 5.74) is 1.03. The molecular weight excluding hydrogens is 391 g/mol. The van der Waals surface area contributed by atoms with Gasteiger partial charge >= 0.3 is 0 Å². The molecule has 0 saturated heterocycles. The summed E-state index contributed by atoms with van der Waals surface area (Å²) in [6.45, 7) is 6.39. The summed E-state index contributed by atoms with van der Waals surface area (Å²) in [5, 5.41) is 6.69. The van der Waals surface area contributed by atoms with E-state index in [9.17, 15) is 0 Å². The normalized spacial score (nSPS) is 14.2. The zero-order valence-electron chi connectivity index (χ0n) is 13.5. The Bertz CT molecular complexity index is 463. The number of ether oxygens (including phenoxy) is 1. The maximum Gasteiger partial charge on any atom is 0.218 e. The minimum absolute atomic E-state index is 0. The molecule has 0 spiro atoms. The van der Waals surface area contributed by atoms with E-state index in [0.29, 0.717) is 25.1 Å². The van der Waals surface area contributed by atoms with Gasteiger partial charge in [0.15, 0.2) is 5.96 Å². The standard InChI is InChI=1S/C16H26N4O.HI/c1-3-5-11-21-15-13(7-6-10-18-15)12-19-16(17-4-2)20-14-8-9-14;/h6-7,10,14H,3-5,8-9,11-12H2,1-2H3,(H2,17,19,20);1H. The molecule has 124 valence electrons. The number of aromatic nitrogens is 1. The van der Waals surface area contributed by atoms with E-state index < -0.39 is 0 Å². The molecule has 2 rings (SSSR count). The van der Waals surface area contributed by atoms with E-state index in [-0.39, 0.29) is 24.0 Å². The third-order valence-electron chi connectivity index (χ3n) is 3.26. The van der Waals surface area contributed by atoms with Gasteiger partial charge in [-0.3, -0.25) is 0 Å². The molecule has 1 aliphatic carbocycles. The first-order chi connectivity index (χ1) is 10.3. The number of halogens is 1. The van der Waals surface area contributed by atoms with Crippen molar-refractivity contribution in [3.8, 4) is 5.88 Å². The van der Waals surface area contributed by atoms with Crippen molar-refractivity contribution >= 4 is 29.9 Å². The lowest BCUT2D eigenvalue weighted by atomic mass is 10.3. The second kappa shape index (κ2) is 10.6. The number of guanidine groups is 1. The van der Waals surface area contributed by atoms with Gasteiger partial charge in [0.05, 0.1) is 13.2 Å². The first kappa shape index (κ1) is 19.0. The molecule has 1 heterocycles. The van der Waals surface area contributed by atoms with Crippen molar-refractivity contribution in [1.82, 2.24) is 15.6 Å². The Morgan fingerprint density at radius 1 is 1.41 bits per heavy atom. The first-order valence-electron chi connectivity index (χ1n) is 7.95. The minimum Gasteiger partial charge on any atom is -0.477 e. The van der Waals surface area contributed by atoms with E-state index in [4.69, 9.17) is 4.74 Å². The van der Waals surface area contributed by atoms with Gasteiger partial charge in [-0.1, -0.05) is 19.4 Å². The van der Waals surface area contributed by atoms with E-state index in [1.54, 1.807) is 6.20 Å². The summed E-state index contributed by atoms with van der Waals surface area (Å²) < 4.78 is 5.74. The van der Waals surface area contributed by atoms with Crippen LogP contribution in [0.1, 0.15) is 45.1 Å². The van der Waals surface area contributed by atoms with Crippen molar-refractivity contribution in [2.24, 2.45) is 4.99 Å². The summed E-state index contributed by atoms with van der Waals surface area (Å²) in [7, 11) is 0. The quantitative estimate of drug-likeness (QED) is 0.295. The predicted molar refractivity (Wildman–Crippen MR) is 101 cm³/mol. The summed E-state index contributed by atoms with van der Waals surface area (Å²) in [4.78, 5) is 8.94. The van der Waals surface area contributed by atoms with Crippen LogP contribution < -0.4 is 15.4 Å². The molecule has 0 amide bonds. The number of aliphatic imine (C=N–C) groups is 1. The third kappa shape index (κ3) is 6.81. The average Bonchev–Trinajstić information content (AvgIpc) is 3.30. The molecule has 0 atom stereocenters. The molecule has 0 radical (unpaired) electrons. The number of rotatable bonds is 8. The monoisotopic (exact) mass is 418 g/mol. The van der Waals surface area contributed by atoms with E-state index in [2.05, 4.69) is 34.5 Å². The zero-order chi connectivity index (χ0) is 14.9. The van der Waals surface area contributed by atoms with Gasteiger partial charge in [0.25, 0.3) is 0 Å². The largest absolute Gasteiger partial charge is 0.477 e. The van der Waals surface area contributed by atoms with Crippen LogP contribution in [0.15, 0.2) is 23.3 Å². The highest BCUT2D eigenvalue weighted by atomic mass is 127. The summed E-state index contributed by atoms with van der Waals surface area (Å²) in [6.07, 6.45) is 6.41. The summed E-state index contributed by atoms with van der Waals surface area (Å²) >= 11 is 0. The number of hydrogen-bond acceptors (Lipinski definition) is 3. The molecule has 0 aliphatic heterocycles. The van der Waals surface area contributed by atoms with Crippen molar-refractivity contribution in [2.75, 3.05) is 13.2 Å². The van der Waals surface area contributed by atoms with Gasteiger partial charge in [-0.2, -0.15) is 0 Å². The van der Waals surface area contributed by atoms with Gasteiger partial charge in [-0.05, 0) is 32.3 Å². The lowest BCUT2D eigenvalue weighted by Crippen LogP contribution is -2.38. The fraction of sp³-hybridized carbons (Fsp3) is 0.625. The molecule has 1 aliphatic rings. The van der Waals surface area contributed by atoms with Crippen molar-refractivity contribution < 1.29 is 4.74 Å². The summed E-state index contributed by atoms with van der Waals surface area (Å²) in [6, 6.07) is 4.55. The topological polar surface area (TPSA) is 58.5 Å². The maximum absolute atomic E-state index is 5.74. The van der Waals surface area contributed by atoms with Gasteiger partial charge < -0.3 is 15.4 Å². The third-order valence-corrected chi connectivity index (χ3v) is 3.26. The average molecular weight is 418 g/mol. The van der Waals surface area contributed by atoms with Crippen LogP contribution in [0.3, 0.4) is 0 Å². The fourth-order valence-electron chi connectivity index (χ4n) is 1.89. The molecule has 1 fully saturated rings. The van der Waals surface area contributed by atoms with Gasteiger partial charge in [-0.25, -0.2) is 9.98 Å². The smallest absolute Gasteiger partial charge is 0.218 e. The molecule has 1 aromatic rings. The molecule has 5 nitrogen and oxygen atoms in total. The van der Waals surface area contributed by atoms with Crippen LogP contribution in [0.4, 0.5) is 0 Å². The van der Waals surface area contributed by atoms with Crippen LogP contribution in [0.2, 0.25) is 0 Å². The molecule has 2 N–H and O–H groups in total. The van der Waals surface area contributed by atoms with Crippen LogP contribution >= 0.6 is 24.0 Å². The van der Waals surface area contributed by atoms with Crippen molar-refractivity contribution in [3.05, 3.63) is 23.9 Å². The SMILES string of the molecule is CCCCOc1ncccc1CN=C(NCC)NC1CC1.I. The number of nitrogens with one attached hydrogen (secondary N) is 2. The van der Waals surface area contributed by atoms with E-state index in [1.807, 2.05) is 12.1 Å². The predicted octanol–water partition coefficient (Wildman–Crippen LogP) is 3.10. The van der Waals surface area contributed by atoms with Gasteiger partial charge in [0.1, 0.15) is 0 Å². The van der Waals surface area contributed by atoms with Crippen molar-refractivity contribution in [1.29, 1.82) is 0 Å². The van der Waals surface area contributed by atoms with Gasteiger partial charge in [-0.15, -0.1) is 24.0 Å². The molecular formula is C16H27IN4O. The Labute approximate surface area is 150 Å². The Kier molecular flexibility index (Phi) is 9.19. The van der Waals surface area contributed by atoms with Crippen LogP contribution in [0.25, 0.3) is 0 Å². The lowest BCUT2D eigenvalue weighted by Gasteiger charge is -2.11.